The van der Waals surface area contributed by atoms with Gasteiger partial charge in [-0.2, -0.15) is 11.8 Å². The van der Waals surface area contributed by atoms with Crippen LogP contribution >= 0.6 is 35.7 Å². The fraction of sp³-hybridized carbons (Fsp3) is 0.208. The van der Waals surface area contributed by atoms with Crippen LogP contribution in [0.3, 0.4) is 0 Å². The molecule has 2 N–H and O–H groups in total. The molecular weight excluding hydrogens is 412 g/mol. The summed E-state index contributed by atoms with van der Waals surface area (Å²) < 4.78 is 0. The second kappa shape index (κ2) is 12.6. The molecule has 3 aromatic rings. The van der Waals surface area contributed by atoms with Crippen molar-refractivity contribution in [1.29, 1.82) is 0 Å². The van der Waals surface area contributed by atoms with Crippen molar-refractivity contribution in [2.45, 2.75) is 22.8 Å². The summed E-state index contributed by atoms with van der Waals surface area (Å²) in [6.45, 7) is 0.888. The first-order chi connectivity index (χ1) is 14.3. The molecule has 2 nitrogen and oxygen atoms in total. The van der Waals surface area contributed by atoms with Gasteiger partial charge >= 0.3 is 0 Å². The predicted molar refractivity (Wildman–Crippen MR) is 134 cm³/mol. The molecule has 0 aromatic heterocycles. The third-order valence-electron chi connectivity index (χ3n) is 4.22. The van der Waals surface area contributed by atoms with E-state index in [4.69, 9.17) is 12.2 Å². The van der Waals surface area contributed by atoms with Gasteiger partial charge in [-0.3, -0.25) is 0 Å². The van der Waals surface area contributed by atoms with Gasteiger partial charge in [0.25, 0.3) is 0 Å². The molecule has 0 saturated heterocycles. The maximum Gasteiger partial charge on any atom is 0.170 e. The van der Waals surface area contributed by atoms with Crippen LogP contribution < -0.4 is 10.6 Å². The lowest BCUT2D eigenvalue weighted by molar-refractivity contribution is 0.854. The van der Waals surface area contributed by atoms with Crippen LogP contribution in [0.15, 0.2) is 89.8 Å². The van der Waals surface area contributed by atoms with Gasteiger partial charge in [0.1, 0.15) is 0 Å². The van der Waals surface area contributed by atoms with Crippen LogP contribution in [0.4, 0.5) is 5.69 Å². The molecule has 0 fully saturated rings. The quantitative estimate of drug-likeness (QED) is 0.211. The summed E-state index contributed by atoms with van der Waals surface area (Å²) in [5, 5.41) is 7.25. The normalized spacial score (nSPS) is 10.5. The van der Waals surface area contributed by atoms with Gasteiger partial charge in [0.05, 0.1) is 0 Å². The maximum absolute atomic E-state index is 5.41. The van der Waals surface area contributed by atoms with Crippen LogP contribution in [-0.4, -0.2) is 17.4 Å². The van der Waals surface area contributed by atoms with Crippen LogP contribution in [0.25, 0.3) is 0 Å². The molecule has 0 spiro atoms. The van der Waals surface area contributed by atoms with Crippen molar-refractivity contribution in [2.75, 3.05) is 17.6 Å². The Kier molecular flexibility index (Phi) is 9.43. The van der Waals surface area contributed by atoms with E-state index >= 15 is 0 Å². The molecule has 0 saturated carbocycles. The van der Waals surface area contributed by atoms with Crippen molar-refractivity contribution in [1.82, 2.24) is 5.32 Å². The monoisotopic (exact) mass is 438 g/mol. The first kappa shape index (κ1) is 21.8. The van der Waals surface area contributed by atoms with Crippen molar-refractivity contribution in [3.8, 4) is 0 Å². The first-order valence-electron chi connectivity index (χ1n) is 9.73. The topological polar surface area (TPSA) is 24.1 Å². The van der Waals surface area contributed by atoms with E-state index in [1.807, 2.05) is 29.6 Å². The van der Waals surface area contributed by atoms with E-state index in [1.165, 1.54) is 16.0 Å². The Balaban J connectivity index is 1.29. The van der Waals surface area contributed by atoms with Crippen LogP contribution in [0.2, 0.25) is 0 Å². The summed E-state index contributed by atoms with van der Waals surface area (Å²) in [5.41, 5.74) is 3.71. The molecule has 0 aliphatic rings. The highest BCUT2D eigenvalue weighted by Gasteiger charge is 2.00. The summed E-state index contributed by atoms with van der Waals surface area (Å²) in [5.74, 6) is 3.16. The Bertz CT molecular complexity index is 852. The maximum atomic E-state index is 5.41. The molecule has 5 heteroatoms. The third kappa shape index (κ3) is 8.52. The highest BCUT2D eigenvalue weighted by Crippen LogP contribution is 2.23. The standard InChI is InChI=1S/C24H26N2S3/c27-24(25-16-7-17-28-18-20-8-3-1-4-9-20)26-22-14-12-21(13-15-22)19-29-23-10-5-2-6-11-23/h1-6,8-15H,7,16-19H2,(H2,25,26,27). The Labute approximate surface area is 187 Å². The van der Waals surface area contributed by atoms with Gasteiger partial charge in [-0.15, -0.1) is 11.8 Å². The largest absolute Gasteiger partial charge is 0.362 e. The fourth-order valence-corrected chi connectivity index (χ4v) is 4.70. The molecule has 0 amide bonds. The minimum Gasteiger partial charge on any atom is -0.362 e. The average Bonchev–Trinajstić information content (AvgIpc) is 2.77. The van der Waals surface area contributed by atoms with E-state index in [1.54, 1.807) is 0 Å². The molecule has 0 aliphatic carbocycles. The van der Waals surface area contributed by atoms with Gasteiger partial charge in [0.2, 0.25) is 0 Å². The number of thiocarbonyl (C=S) groups is 1. The second-order valence-electron chi connectivity index (χ2n) is 6.57. The molecule has 150 valence electrons. The lowest BCUT2D eigenvalue weighted by atomic mass is 10.2. The van der Waals surface area contributed by atoms with E-state index in [-0.39, 0.29) is 0 Å². The first-order valence-corrected chi connectivity index (χ1v) is 12.3. The SMILES string of the molecule is S=C(NCCCSCc1ccccc1)Nc1ccc(CSc2ccccc2)cc1. The van der Waals surface area contributed by atoms with Crippen molar-refractivity contribution in [3.63, 3.8) is 0 Å². The lowest BCUT2D eigenvalue weighted by Crippen LogP contribution is -2.29. The Morgan fingerprint density at radius 3 is 2.14 bits per heavy atom. The van der Waals surface area contributed by atoms with Crippen LogP contribution in [0.1, 0.15) is 17.5 Å². The van der Waals surface area contributed by atoms with Crippen molar-refractivity contribution in [3.05, 3.63) is 96.1 Å². The smallest absolute Gasteiger partial charge is 0.170 e. The van der Waals surface area contributed by atoms with Gasteiger partial charge in [-0.25, -0.2) is 0 Å². The van der Waals surface area contributed by atoms with Crippen LogP contribution in [-0.2, 0) is 11.5 Å². The Morgan fingerprint density at radius 1 is 0.759 bits per heavy atom. The van der Waals surface area contributed by atoms with Gasteiger partial charge < -0.3 is 10.6 Å². The highest BCUT2D eigenvalue weighted by atomic mass is 32.2. The molecule has 0 atom stereocenters. The predicted octanol–water partition coefficient (Wildman–Crippen LogP) is 6.59. The molecule has 3 rings (SSSR count). The molecule has 3 aromatic carbocycles. The van der Waals surface area contributed by atoms with E-state index in [0.717, 1.165) is 35.9 Å². The van der Waals surface area contributed by atoms with E-state index in [9.17, 15) is 0 Å². The van der Waals surface area contributed by atoms with Gasteiger partial charge in [-0.1, -0.05) is 60.7 Å². The van der Waals surface area contributed by atoms with E-state index in [2.05, 4.69) is 89.5 Å². The number of thioether (sulfide) groups is 2. The number of rotatable bonds is 10. The van der Waals surface area contributed by atoms with E-state index < -0.39 is 0 Å². The summed E-state index contributed by atoms with van der Waals surface area (Å²) >= 11 is 9.22. The van der Waals surface area contributed by atoms with Crippen LogP contribution in [0, 0.1) is 0 Å². The summed E-state index contributed by atoms with van der Waals surface area (Å²) in [6.07, 6.45) is 1.09. The van der Waals surface area contributed by atoms with Crippen molar-refractivity contribution < 1.29 is 0 Å². The Hall–Kier alpha value is -1.95. The number of benzene rings is 3. The zero-order chi connectivity index (χ0) is 20.2. The number of hydrogen-bond acceptors (Lipinski definition) is 3. The zero-order valence-electron chi connectivity index (χ0n) is 16.3. The molecule has 0 bridgehead atoms. The van der Waals surface area contributed by atoms with Crippen molar-refractivity contribution in [2.24, 2.45) is 0 Å². The summed E-state index contributed by atoms with van der Waals surface area (Å²) in [6, 6.07) is 29.6. The molecule has 29 heavy (non-hydrogen) atoms. The van der Waals surface area contributed by atoms with Crippen molar-refractivity contribution >= 4 is 46.5 Å². The number of anilines is 1. The minimum atomic E-state index is 0.685. The van der Waals surface area contributed by atoms with Gasteiger partial charge in [-0.05, 0) is 59.8 Å². The highest BCUT2D eigenvalue weighted by molar-refractivity contribution is 7.98. The summed E-state index contributed by atoms with van der Waals surface area (Å²) in [4.78, 5) is 1.29. The lowest BCUT2D eigenvalue weighted by Gasteiger charge is -2.11. The van der Waals surface area contributed by atoms with Gasteiger partial charge in [0, 0.05) is 28.6 Å². The van der Waals surface area contributed by atoms with E-state index in [0.29, 0.717) is 5.11 Å². The minimum absolute atomic E-state index is 0.685. The number of nitrogens with one attached hydrogen (secondary N) is 2. The summed E-state index contributed by atoms with van der Waals surface area (Å²) in [7, 11) is 0. The van der Waals surface area contributed by atoms with Crippen LogP contribution in [0.5, 0.6) is 0 Å². The molecular formula is C24H26N2S3. The average molecular weight is 439 g/mol. The molecule has 0 aliphatic heterocycles. The second-order valence-corrected chi connectivity index (χ2v) is 9.13. The van der Waals surface area contributed by atoms with Gasteiger partial charge in [0.15, 0.2) is 5.11 Å². The Morgan fingerprint density at radius 2 is 1.41 bits per heavy atom. The fourth-order valence-electron chi connectivity index (χ4n) is 2.68. The number of hydrogen-bond donors (Lipinski definition) is 2. The molecule has 0 heterocycles. The molecule has 0 radical (unpaired) electrons. The molecule has 0 unspecified atom stereocenters. The third-order valence-corrected chi connectivity index (χ3v) is 6.67. The zero-order valence-corrected chi connectivity index (χ0v) is 18.8.